The second kappa shape index (κ2) is 8.31. The number of nitrogens with zero attached hydrogens (tertiary/aromatic N) is 2. The van der Waals surface area contributed by atoms with Crippen molar-refractivity contribution in [2.75, 3.05) is 5.32 Å². The third-order valence-electron chi connectivity index (χ3n) is 3.38. The molecule has 3 rings (SSSR count). The third kappa shape index (κ3) is 4.82. The molecule has 0 atom stereocenters. The SMILES string of the molecule is N#Cc1cccc(Oc2ccc(NC(=O)OCc3ccccc3)cn2)c1. The summed E-state index contributed by atoms with van der Waals surface area (Å²) in [6, 6.07) is 21.5. The van der Waals surface area contributed by atoms with Crippen LogP contribution < -0.4 is 10.1 Å². The second-order valence-corrected chi connectivity index (χ2v) is 5.31. The molecule has 0 saturated heterocycles. The molecule has 0 spiro atoms. The molecule has 0 bridgehead atoms. The van der Waals surface area contributed by atoms with Crippen LogP contribution in [-0.4, -0.2) is 11.1 Å². The standard InChI is InChI=1S/C20H15N3O3/c21-12-16-7-4-8-18(11-16)26-19-10-9-17(13-22-19)23-20(24)25-14-15-5-2-1-3-6-15/h1-11,13H,14H2,(H,23,24). The summed E-state index contributed by atoms with van der Waals surface area (Å²) in [6.07, 6.45) is 0.902. The van der Waals surface area contributed by atoms with Crippen molar-refractivity contribution in [3.8, 4) is 17.7 Å². The van der Waals surface area contributed by atoms with Gasteiger partial charge < -0.3 is 9.47 Å². The van der Waals surface area contributed by atoms with Crippen LogP contribution in [0.1, 0.15) is 11.1 Å². The summed E-state index contributed by atoms with van der Waals surface area (Å²) in [6.45, 7) is 0.191. The van der Waals surface area contributed by atoms with Crippen LogP contribution in [0.5, 0.6) is 11.6 Å². The number of nitriles is 1. The van der Waals surface area contributed by atoms with Crippen molar-refractivity contribution in [3.63, 3.8) is 0 Å². The molecule has 6 nitrogen and oxygen atoms in total. The Balaban J connectivity index is 1.54. The van der Waals surface area contributed by atoms with E-state index in [1.807, 2.05) is 36.4 Å². The van der Waals surface area contributed by atoms with E-state index >= 15 is 0 Å². The van der Waals surface area contributed by atoms with Crippen LogP contribution in [0.15, 0.2) is 72.9 Å². The number of aromatic nitrogens is 1. The molecule has 128 valence electrons. The van der Waals surface area contributed by atoms with Crippen molar-refractivity contribution in [1.82, 2.24) is 4.98 Å². The molecule has 6 heteroatoms. The molecular formula is C20H15N3O3. The minimum absolute atomic E-state index is 0.191. The largest absolute Gasteiger partial charge is 0.444 e. The monoisotopic (exact) mass is 345 g/mol. The van der Waals surface area contributed by atoms with Gasteiger partial charge >= 0.3 is 6.09 Å². The molecule has 26 heavy (non-hydrogen) atoms. The summed E-state index contributed by atoms with van der Waals surface area (Å²) in [5, 5.41) is 11.5. The van der Waals surface area contributed by atoms with Gasteiger partial charge in [0.25, 0.3) is 0 Å². The van der Waals surface area contributed by atoms with Gasteiger partial charge in [0.1, 0.15) is 12.4 Å². The van der Waals surface area contributed by atoms with E-state index in [0.717, 1.165) is 5.56 Å². The molecule has 0 saturated carbocycles. The number of hydrogen-bond donors (Lipinski definition) is 1. The van der Waals surface area contributed by atoms with Gasteiger partial charge in [-0.3, -0.25) is 5.32 Å². The van der Waals surface area contributed by atoms with Crippen LogP contribution in [-0.2, 0) is 11.3 Å². The summed E-state index contributed by atoms with van der Waals surface area (Å²) in [7, 11) is 0. The number of carbonyl (C=O) groups is 1. The Kier molecular flexibility index (Phi) is 5.43. The third-order valence-corrected chi connectivity index (χ3v) is 3.38. The minimum Gasteiger partial charge on any atom is -0.444 e. The normalized spacial score (nSPS) is 9.81. The average molecular weight is 345 g/mol. The van der Waals surface area contributed by atoms with E-state index in [1.165, 1.54) is 6.20 Å². The van der Waals surface area contributed by atoms with Gasteiger partial charge in [0.2, 0.25) is 5.88 Å². The maximum absolute atomic E-state index is 11.8. The fourth-order valence-corrected chi connectivity index (χ4v) is 2.14. The van der Waals surface area contributed by atoms with Crippen LogP contribution in [0.3, 0.4) is 0 Å². The summed E-state index contributed by atoms with van der Waals surface area (Å²) in [5.41, 5.74) is 1.90. The molecule has 1 N–H and O–H groups in total. The summed E-state index contributed by atoms with van der Waals surface area (Å²) in [5.74, 6) is 0.864. The van der Waals surface area contributed by atoms with Gasteiger partial charge in [0, 0.05) is 6.07 Å². The van der Waals surface area contributed by atoms with E-state index in [9.17, 15) is 4.79 Å². The molecule has 0 aliphatic heterocycles. The van der Waals surface area contributed by atoms with Crippen molar-refractivity contribution < 1.29 is 14.3 Å². The highest BCUT2D eigenvalue weighted by Gasteiger charge is 2.05. The van der Waals surface area contributed by atoms with Crippen LogP contribution in [0.25, 0.3) is 0 Å². The number of carbonyl (C=O) groups excluding carboxylic acids is 1. The molecule has 0 fully saturated rings. The van der Waals surface area contributed by atoms with Crippen LogP contribution in [0, 0.1) is 11.3 Å². The fourth-order valence-electron chi connectivity index (χ4n) is 2.14. The topological polar surface area (TPSA) is 84.2 Å². The van der Waals surface area contributed by atoms with E-state index in [4.69, 9.17) is 14.7 Å². The highest BCUT2D eigenvalue weighted by molar-refractivity contribution is 5.84. The predicted molar refractivity (Wildman–Crippen MR) is 95.7 cm³/mol. The minimum atomic E-state index is -0.564. The van der Waals surface area contributed by atoms with Crippen LogP contribution in [0.4, 0.5) is 10.5 Å². The first-order valence-electron chi connectivity index (χ1n) is 7.85. The number of ether oxygens (including phenoxy) is 2. The predicted octanol–water partition coefficient (Wildman–Crippen LogP) is 4.49. The highest BCUT2D eigenvalue weighted by Crippen LogP contribution is 2.21. The zero-order chi connectivity index (χ0) is 18.2. The van der Waals surface area contributed by atoms with Gasteiger partial charge in [0.15, 0.2) is 0 Å². The first-order valence-corrected chi connectivity index (χ1v) is 7.85. The maximum Gasteiger partial charge on any atom is 0.412 e. The van der Waals surface area contributed by atoms with E-state index in [0.29, 0.717) is 22.9 Å². The van der Waals surface area contributed by atoms with Crippen molar-refractivity contribution >= 4 is 11.8 Å². The molecule has 1 aromatic heterocycles. The molecule has 0 radical (unpaired) electrons. The van der Waals surface area contributed by atoms with Crippen molar-refractivity contribution in [2.45, 2.75) is 6.61 Å². The lowest BCUT2D eigenvalue weighted by Crippen LogP contribution is -2.13. The lowest BCUT2D eigenvalue weighted by atomic mass is 10.2. The molecule has 0 aliphatic rings. The van der Waals surface area contributed by atoms with Gasteiger partial charge in [-0.05, 0) is 29.8 Å². The van der Waals surface area contributed by atoms with Gasteiger partial charge in [-0.25, -0.2) is 9.78 Å². The number of amides is 1. The van der Waals surface area contributed by atoms with E-state index in [-0.39, 0.29) is 6.61 Å². The quantitative estimate of drug-likeness (QED) is 0.736. The first kappa shape index (κ1) is 17.0. The van der Waals surface area contributed by atoms with Crippen LogP contribution in [0.2, 0.25) is 0 Å². The molecular weight excluding hydrogens is 330 g/mol. The Morgan fingerprint density at radius 1 is 1.08 bits per heavy atom. The van der Waals surface area contributed by atoms with Crippen molar-refractivity contribution in [2.24, 2.45) is 0 Å². The number of rotatable bonds is 5. The zero-order valence-electron chi connectivity index (χ0n) is 13.8. The Hall–Kier alpha value is -3.85. The lowest BCUT2D eigenvalue weighted by Gasteiger charge is -2.08. The Labute approximate surface area is 150 Å². The highest BCUT2D eigenvalue weighted by atomic mass is 16.5. The molecule has 2 aromatic carbocycles. The number of benzene rings is 2. The molecule has 1 heterocycles. The van der Waals surface area contributed by atoms with Crippen molar-refractivity contribution in [1.29, 1.82) is 5.26 Å². The number of nitrogens with one attached hydrogen (secondary N) is 1. The zero-order valence-corrected chi connectivity index (χ0v) is 13.8. The molecule has 0 unspecified atom stereocenters. The summed E-state index contributed by atoms with van der Waals surface area (Å²) < 4.78 is 10.7. The summed E-state index contributed by atoms with van der Waals surface area (Å²) >= 11 is 0. The Morgan fingerprint density at radius 2 is 1.92 bits per heavy atom. The lowest BCUT2D eigenvalue weighted by molar-refractivity contribution is 0.155. The fraction of sp³-hybridized carbons (Fsp3) is 0.0500. The van der Waals surface area contributed by atoms with E-state index in [2.05, 4.69) is 10.3 Å². The number of hydrogen-bond acceptors (Lipinski definition) is 5. The molecule has 1 amide bonds. The average Bonchev–Trinajstić information content (AvgIpc) is 2.69. The smallest absolute Gasteiger partial charge is 0.412 e. The van der Waals surface area contributed by atoms with Gasteiger partial charge in [-0.2, -0.15) is 5.26 Å². The van der Waals surface area contributed by atoms with E-state index < -0.39 is 6.09 Å². The first-order chi connectivity index (χ1) is 12.7. The molecule has 3 aromatic rings. The van der Waals surface area contributed by atoms with Gasteiger partial charge in [-0.1, -0.05) is 36.4 Å². The van der Waals surface area contributed by atoms with Gasteiger partial charge in [-0.15, -0.1) is 0 Å². The summed E-state index contributed by atoms with van der Waals surface area (Å²) in [4.78, 5) is 15.9. The Morgan fingerprint density at radius 3 is 2.65 bits per heavy atom. The maximum atomic E-state index is 11.8. The van der Waals surface area contributed by atoms with Gasteiger partial charge in [0.05, 0.1) is 23.5 Å². The molecule has 0 aliphatic carbocycles. The number of pyridine rings is 1. The van der Waals surface area contributed by atoms with Crippen LogP contribution >= 0.6 is 0 Å². The Bertz CT molecular complexity index is 919. The second-order valence-electron chi connectivity index (χ2n) is 5.31. The van der Waals surface area contributed by atoms with Crippen molar-refractivity contribution in [3.05, 3.63) is 84.1 Å². The number of anilines is 1. The van der Waals surface area contributed by atoms with E-state index in [1.54, 1.807) is 36.4 Å².